The summed E-state index contributed by atoms with van der Waals surface area (Å²) in [6.45, 7) is 3.97. The second-order valence-corrected chi connectivity index (χ2v) is 4.95. The summed E-state index contributed by atoms with van der Waals surface area (Å²) in [6, 6.07) is 8.76. The highest BCUT2D eigenvalue weighted by Crippen LogP contribution is 2.19. The second-order valence-electron chi connectivity index (χ2n) is 4.95. The van der Waals surface area contributed by atoms with Crippen LogP contribution in [0.1, 0.15) is 31.4 Å². The molecule has 0 spiro atoms. The number of hydrogen-bond donors (Lipinski definition) is 1. The van der Waals surface area contributed by atoms with Crippen LogP contribution in [0.3, 0.4) is 0 Å². The van der Waals surface area contributed by atoms with Crippen molar-refractivity contribution in [3.63, 3.8) is 0 Å². The van der Waals surface area contributed by atoms with Crippen LogP contribution in [0.5, 0.6) is 5.75 Å². The quantitative estimate of drug-likeness (QED) is 0.868. The molecule has 1 saturated heterocycles. The summed E-state index contributed by atoms with van der Waals surface area (Å²) in [5, 5.41) is 0. The Hall–Kier alpha value is -1.06. The summed E-state index contributed by atoms with van der Waals surface area (Å²) in [4.78, 5) is 2.37. The summed E-state index contributed by atoms with van der Waals surface area (Å²) in [5.74, 6) is 0.940. The van der Waals surface area contributed by atoms with Crippen LogP contribution in [0.2, 0.25) is 0 Å². The number of likely N-dealkylation sites (tertiary alicyclic amines) is 1. The molecule has 2 unspecified atom stereocenters. The van der Waals surface area contributed by atoms with Gasteiger partial charge in [0, 0.05) is 12.1 Å². The minimum atomic E-state index is 0.0880. The lowest BCUT2D eigenvalue weighted by Gasteiger charge is -2.19. The van der Waals surface area contributed by atoms with E-state index in [1.807, 2.05) is 31.2 Å². The van der Waals surface area contributed by atoms with E-state index < -0.39 is 0 Å². The summed E-state index contributed by atoms with van der Waals surface area (Å²) in [6.07, 6.45) is 2.53. The molecule has 1 aliphatic heterocycles. The van der Waals surface area contributed by atoms with E-state index in [2.05, 4.69) is 11.9 Å². The lowest BCUT2D eigenvalue weighted by molar-refractivity contribution is 0.198. The Labute approximate surface area is 104 Å². The zero-order chi connectivity index (χ0) is 12.3. The molecule has 2 N–H and O–H groups in total. The Morgan fingerprint density at radius 2 is 2.12 bits per heavy atom. The molecule has 0 aromatic heterocycles. The van der Waals surface area contributed by atoms with E-state index in [9.17, 15) is 0 Å². The molecule has 94 valence electrons. The standard InChI is InChI=1S/C14H22N2O/c1-11(15)12-5-7-14(8-6-12)17-10-13-4-3-9-16(13)2/h5-8,11,13H,3-4,9-10,15H2,1-2H3. The second kappa shape index (κ2) is 5.52. The first kappa shape index (κ1) is 12.4. The van der Waals surface area contributed by atoms with Gasteiger partial charge in [-0.3, -0.25) is 0 Å². The fraction of sp³-hybridized carbons (Fsp3) is 0.571. The molecule has 0 amide bonds. The molecule has 0 radical (unpaired) electrons. The number of nitrogens with two attached hydrogens (primary N) is 1. The van der Waals surface area contributed by atoms with Crippen molar-refractivity contribution >= 4 is 0 Å². The average Bonchev–Trinajstić information content (AvgIpc) is 2.73. The Balaban J connectivity index is 1.86. The molecular formula is C14H22N2O. The van der Waals surface area contributed by atoms with Gasteiger partial charge in [0.15, 0.2) is 0 Å². The lowest BCUT2D eigenvalue weighted by atomic mass is 10.1. The van der Waals surface area contributed by atoms with Crippen LogP contribution in [-0.2, 0) is 0 Å². The predicted octanol–water partition coefficient (Wildman–Crippen LogP) is 2.18. The van der Waals surface area contributed by atoms with Gasteiger partial charge in [-0.2, -0.15) is 0 Å². The first-order chi connectivity index (χ1) is 8.16. The zero-order valence-electron chi connectivity index (χ0n) is 10.7. The fourth-order valence-electron chi connectivity index (χ4n) is 2.25. The minimum Gasteiger partial charge on any atom is -0.492 e. The van der Waals surface area contributed by atoms with Gasteiger partial charge in [0.1, 0.15) is 12.4 Å². The van der Waals surface area contributed by atoms with Crippen molar-refractivity contribution in [2.24, 2.45) is 5.73 Å². The zero-order valence-corrected chi connectivity index (χ0v) is 10.7. The van der Waals surface area contributed by atoms with Crippen LogP contribution in [-0.4, -0.2) is 31.1 Å². The van der Waals surface area contributed by atoms with Crippen molar-refractivity contribution in [1.82, 2.24) is 4.90 Å². The third-order valence-corrected chi connectivity index (χ3v) is 3.52. The Bertz CT molecular complexity index is 348. The van der Waals surface area contributed by atoms with Crippen LogP contribution in [0.4, 0.5) is 0 Å². The van der Waals surface area contributed by atoms with Gasteiger partial charge in [-0.05, 0) is 51.1 Å². The van der Waals surface area contributed by atoms with Crippen molar-refractivity contribution in [3.8, 4) is 5.75 Å². The molecule has 0 aliphatic carbocycles. The van der Waals surface area contributed by atoms with E-state index in [1.54, 1.807) is 0 Å². The Morgan fingerprint density at radius 1 is 1.41 bits per heavy atom. The summed E-state index contributed by atoms with van der Waals surface area (Å²) in [5.41, 5.74) is 6.96. The molecule has 2 atom stereocenters. The monoisotopic (exact) mass is 234 g/mol. The first-order valence-electron chi connectivity index (χ1n) is 6.35. The molecule has 1 aromatic carbocycles. The minimum absolute atomic E-state index is 0.0880. The number of likely N-dealkylation sites (N-methyl/N-ethyl adjacent to an activating group) is 1. The van der Waals surface area contributed by atoms with Gasteiger partial charge in [0.2, 0.25) is 0 Å². The van der Waals surface area contributed by atoms with E-state index in [0.717, 1.165) is 17.9 Å². The molecule has 1 fully saturated rings. The number of rotatable bonds is 4. The summed E-state index contributed by atoms with van der Waals surface area (Å²) in [7, 11) is 2.17. The lowest BCUT2D eigenvalue weighted by Crippen LogP contribution is -2.30. The maximum Gasteiger partial charge on any atom is 0.119 e. The van der Waals surface area contributed by atoms with E-state index >= 15 is 0 Å². The van der Waals surface area contributed by atoms with Crippen molar-refractivity contribution in [2.45, 2.75) is 31.8 Å². The number of nitrogens with zero attached hydrogens (tertiary/aromatic N) is 1. The SMILES string of the molecule is CC(N)c1ccc(OCC2CCCN2C)cc1. The maximum absolute atomic E-state index is 5.81. The molecular weight excluding hydrogens is 212 g/mol. The first-order valence-corrected chi connectivity index (χ1v) is 6.35. The van der Waals surface area contributed by atoms with E-state index in [0.29, 0.717) is 6.04 Å². The van der Waals surface area contributed by atoms with Gasteiger partial charge >= 0.3 is 0 Å². The van der Waals surface area contributed by atoms with Crippen LogP contribution >= 0.6 is 0 Å². The maximum atomic E-state index is 5.81. The average molecular weight is 234 g/mol. The van der Waals surface area contributed by atoms with E-state index in [-0.39, 0.29) is 6.04 Å². The van der Waals surface area contributed by atoms with Gasteiger partial charge < -0.3 is 15.4 Å². The van der Waals surface area contributed by atoms with Crippen molar-refractivity contribution in [2.75, 3.05) is 20.2 Å². The van der Waals surface area contributed by atoms with Gasteiger partial charge in [-0.15, -0.1) is 0 Å². The summed E-state index contributed by atoms with van der Waals surface area (Å²) < 4.78 is 5.81. The number of benzene rings is 1. The molecule has 2 rings (SSSR count). The molecule has 1 aromatic rings. The van der Waals surface area contributed by atoms with Crippen molar-refractivity contribution < 1.29 is 4.74 Å². The highest BCUT2D eigenvalue weighted by atomic mass is 16.5. The number of hydrogen-bond acceptors (Lipinski definition) is 3. The molecule has 1 heterocycles. The molecule has 3 nitrogen and oxygen atoms in total. The van der Waals surface area contributed by atoms with Crippen molar-refractivity contribution in [1.29, 1.82) is 0 Å². The van der Waals surface area contributed by atoms with Crippen LogP contribution in [0.25, 0.3) is 0 Å². The van der Waals surface area contributed by atoms with Crippen molar-refractivity contribution in [3.05, 3.63) is 29.8 Å². The van der Waals surface area contributed by atoms with Crippen LogP contribution < -0.4 is 10.5 Å². The fourth-order valence-corrected chi connectivity index (χ4v) is 2.25. The van der Waals surface area contributed by atoms with Gasteiger partial charge in [0.25, 0.3) is 0 Å². The molecule has 3 heteroatoms. The topological polar surface area (TPSA) is 38.5 Å². The van der Waals surface area contributed by atoms with Crippen LogP contribution in [0.15, 0.2) is 24.3 Å². The largest absolute Gasteiger partial charge is 0.492 e. The van der Waals surface area contributed by atoms with E-state index in [4.69, 9.17) is 10.5 Å². The predicted molar refractivity (Wildman–Crippen MR) is 70.2 cm³/mol. The smallest absolute Gasteiger partial charge is 0.119 e. The van der Waals surface area contributed by atoms with Gasteiger partial charge in [-0.25, -0.2) is 0 Å². The van der Waals surface area contributed by atoms with Crippen LogP contribution in [0, 0.1) is 0 Å². The molecule has 17 heavy (non-hydrogen) atoms. The van der Waals surface area contributed by atoms with Gasteiger partial charge in [0.05, 0.1) is 0 Å². The molecule has 1 aliphatic rings. The normalized spacial score (nSPS) is 22.6. The highest BCUT2D eigenvalue weighted by Gasteiger charge is 2.21. The Kier molecular flexibility index (Phi) is 4.02. The summed E-state index contributed by atoms with van der Waals surface area (Å²) >= 11 is 0. The number of ether oxygens (including phenoxy) is 1. The molecule has 0 bridgehead atoms. The van der Waals surface area contributed by atoms with Gasteiger partial charge in [-0.1, -0.05) is 12.1 Å². The molecule has 0 saturated carbocycles. The Morgan fingerprint density at radius 3 is 2.65 bits per heavy atom. The third-order valence-electron chi connectivity index (χ3n) is 3.52. The van der Waals surface area contributed by atoms with E-state index in [1.165, 1.54) is 19.4 Å². The highest BCUT2D eigenvalue weighted by molar-refractivity contribution is 5.28. The third kappa shape index (κ3) is 3.20.